The molecule has 0 bridgehead atoms. The third-order valence-corrected chi connectivity index (χ3v) is 16.6. The quantitative estimate of drug-likeness (QED) is 0.430. The maximum atomic E-state index is 2.49. The van der Waals surface area contributed by atoms with Crippen molar-refractivity contribution in [1.29, 1.82) is 0 Å². The Labute approximate surface area is 149 Å². The summed E-state index contributed by atoms with van der Waals surface area (Å²) < 4.78 is 13.5. The summed E-state index contributed by atoms with van der Waals surface area (Å²) in [5.74, 6) is 0. The summed E-state index contributed by atoms with van der Waals surface area (Å²) in [7, 11) is 0. The molecule has 0 atom stereocenters. The first-order valence-corrected chi connectivity index (χ1v) is 24.2. The molecule has 0 radical (unpaired) electrons. The van der Waals surface area contributed by atoms with Crippen LogP contribution in [0.4, 0.5) is 0 Å². The molecule has 2 heteroatoms. The molecular formula is C21H23PbSe+. The topological polar surface area (TPSA) is 0 Å². The van der Waals surface area contributed by atoms with Crippen LogP contribution in [-0.2, 0) is 0 Å². The van der Waals surface area contributed by atoms with E-state index < -0.39 is 35.1 Å². The molecule has 0 heterocycles. The first-order chi connectivity index (χ1) is 11.1. The van der Waals surface area contributed by atoms with Crippen molar-refractivity contribution in [3.8, 4) is 0 Å². The Bertz CT molecular complexity index is 704. The molecule has 0 N–H and O–H groups in total. The molecule has 3 aromatic rings. The van der Waals surface area contributed by atoms with Gasteiger partial charge in [-0.3, -0.25) is 0 Å². The van der Waals surface area contributed by atoms with Crippen molar-refractivity contribution in [2.75, 3.05) is 0 Å². The molecule has 0 fully saturated rings. The van der Waals surface area contributed by atoms with Gasteiger partial charge < -0.3 is 0 Å². The maximum absolute atomic E-state index is 2.49. The number of rotatable bonds is 4. The predicted molar refractivity (Wildman–Crippen MR) is 107 cm³/mol. The van der Waals surface area contributed by atoms with Crippen LogP contribution in [0, 0.1) is 0 Å². The van der Waals surface area contributed by atoms with Gasteiger partial charge in [0.15, 0.2) is 0 Å². The minimum atomic E-state index is -2.10. The zero-order valence-electron chi connectivity index (χ0n) is 14.0. The monoisotopic (exact) mass is 563 g/mol. The fourth-order valence-electron chi connectivity index (χ4n) is 2.61. The van der Waals surface area contributed by atoms with E-state index in [1.165, 1.54) is 13.4 Å². The van der Waals surface area contributed by atoms with E-state index in [0.717, 1.165) is 0 Å². The Hall–Kier alpha value is -0.898. The Kier molecular flexibility index (Phi) is 5.40. The molecule has 3 rings (SSSR count). The summed E-state index contributed by atoms with van der Waals surface area (Å²) >= 11 is -3.29. The molecule has 116 valence electrons. The molecule has 0 unspecified atom stereocenters. The average molecular weight is 562 g/mol. The van der Waals surface area contributed by atoms with Crippen LogP contribution in [0.2, 0.25) is 13.4 Å². The molecule has 3 aromatic carbocycles. The van der Waals surface area contributed by atoms with E-state index >= 15 is 0 Å². The average Bonchev–Trinajstić information content (AvgIpc) is 2.57. The molecule has 0 amide bonds. The van der Waals surface area contributed by atoms with Gasteiger partial charge in [-0.05, 0) is 0 Å². The van der Waals surface area contributed by atoms with Crippen molar-refractivity contribution in [1.82, 2.24) is 0 Å². The van der Waals surface area contributed by atoms with Crippen molar-refractivity contribution in [2.24, 2.45) is 0 Å². The molecule has 0 aliphatic carbocycles. The number of hydrogen-bond acceptors (Lipinski definition) is 0. The summed E-state index contributed by atoms with van der Waals surface area (Å²) in [5, 5.41) is 0. The van der Waals surface area contributed by atoms with E-state index in [9.17, 15) is 0 Å². The molecule has 0 nitrogen and oxygen atoms in total. The molecule has 0 saturated carbocycles. The summed E-state index contributed by atoms with van der Waals surface area (Å²) in [4.78, 5) is 0. The molecule has 0 aliphatic rings. The van der Waals surface area contributed by atoms with E-state index in [1.54, 1.807) is 3.12 Å². The van der Waals surface area contributed by atoms with Crippen molar-refractivity contribution in [3.05, 3.63) is 84.9 Å². The number of hydrogen-bond donors (Lipinski definition) is 0. The van der Waals surface area contributed by atoms with Gasteiger partial charge in [-0.15, -0.1) is 0 Å². The van der Waals surface area contributed by atoms with Gasteiger partial charge in [0.25, 0.3) is 0 Å². The Morgan fingerprint density at radius 1 is 0.522 bits per heavy atom. The SMILES string of the molecule is [CH3][Pb]([CH3])([CH3])[c]1ccc([Se+](c2ccccc2)c2ccccc2)cc1. The van der Waals surface area contributed by atoms with E-state index in [2.05, 4.69) is 98.4 Å². The van der Waals surface area contributed by atoms with Crippen LogP contribution < -0.4 is 16.5 Å². The first-order valence-electron chi connectivity index (χ1n) is 8.01. The predicted octanol–water partition coefficient (Wildman–Crippen LogP) is 2.75. The standard InChI is InChI=1S/C18H14Se.3CH3.Pb/c1-4-10-16(11-5-1)19(17-12-6-2-7-13-17)18-14-8-3-9-15-18;;;;/h1-2,4-15H;3*1H3;/q+1;;;;. The molecule has 0 saturated heterocycles. The molecule has 0 aromatic heterocycles. The Morgan fingerprint density at radius 3 is 1.30 bits per heavy atom. The molecular weight excluding hydrogens is 538 g/mol. The van der Waals surface area contributed by atoms with Gasteiger partial charge in [-0.25, -0.2) is 0 Å². The summed E-state index contributed by atoms with van der Waals surface area (Å²) in [5.41, 5.74) is 0. The second-order valence-corrected chi connectivity index (χ2v) is 30.7. The van der Waals surface area contributed by atoms with Crippen molar-refractivity contribution in [3.63, 3.8) is 0 Å². The zero-order chi connectivity index (χ0) is 16.3. The molecule has 23 heavy (non-hydrogen) atoms. The number of benzene rings is 3. The first kappa shape index (κ1) is 16.9. The third-order valence-electron chi connectivity index (χ3n) is 3.91. The van der Waals surface area contributed by atoms with Crippen LogP contribution >= 0.6 is 0 Å². The summed E-state index contributed by atoms with van der Waals surface area (Å²) in [6.45, 7) is 0. The van der Waals surface area contributed by atoms with Crippen LogP contribution in [0.1, 0.15) is 0 Å². The zero-order valence-corrected chi connectivity index (χ0v) is 19.6. The Morgan fingerprint density at radius 2 is 0.913 bits per heavy atom. The third kappa shape index (κ3) is 4.14. The second-order valence-electron chi connectivity index (χ2n) is 6.71. The normalized spacial score (nSPS) is 11.7. The van der Waals surface area contributed by atoms with Gasteiger partial charge in [0.1, 0.15) is 0 Å². The second kappa shape index (κ2) is 7.33. The van der Waals surface area contributed by atoms with Gasteiger partial charge in [-0.1, -0.05) is 0 Å². The van der Waals surface area contributed by atoms with Crippen LogP contribution in [0.3, 0.4) is 0 Å². The van der Waals surface area contributed by atoms with Gasteiger partial charge in [0.2, 0.25) is 0 Å². The van der Waals surface area contributed by atoms with E-state index in [1.807, 2.05) is 0 Å². The fraction of sp³-hybridized carbons (Fsp3) is 0.143. The van der Waals surface area contributed by atoms with Gasteiger partial charge in [0, 0.05) is 0 Å². The Balaban J connectivity index is 2.06. The van der Waals surface area contributed by atoms with E-state index in [0.29, 0.717) is 0 Å². The van der Waals surface area contributed by atoms with Crippen LogP contribution in [0.15, 0.2) is 84.9 Å². The van der Waals surface area contributed by atoms with Crippen LogP contribution in [-0.4, -0.2) is 35.1 Å². The van der Waals surface area contributed by atoms with Crippen LogP contribution in [0.25, 0.3) is 0 Å². The fourth-order valence-corrected chi connectivity index (χ4v) is 11.5. The van der Waals surface area contributed by atoms with Crippen molar-refractivity contribution < 1.29 is 0 Å². The van der Waals surface area contributed by atoms with Crippen LogP contribution in [0.5, 0.6) is 0 Å². The van der Waals surface area contributed by atoms with E-state index in [4.69, 9.17) is 0 Å². The van der Waals surface area contributed by atoms with Crippen molar-refractivity contribution >= 4 is 51.6 Å². The van der Waals surface area contributed by atoms with Gasteiger partial charge in [0.05, 0.1) is 0 Å². The van der Waals surface area contributed by atoms with Gasteiger partial charge >= 0.3 is 150 Å². The molecule has 0 aliphatic heterocycles. The summed E-state index contributed by atoms with van der Waals surface area (Å²) in [6.07, 6.45) is 0. The summed E-state index contributed by atoms with van der Waals surface area (Å²) in [6, 6.07) is 31.6. The van der Waals surface area contributed by atoms with Gasteiger partial charge in [-0.2, -0.15) is 0 Å². The van der Waals surface area contributed by atoms with Crippen molar-refractivity contribution in [2.45, 2.75) is 13.4 Å². The molecule has 0 spiro atoms. The van der Waals surface area contributed by atoms with E-state index in [-0.39, 0.29) is 0 Å². The minimum absolute atomic E-state index is 1.19.